The Morgan fingerprint density at radius 2 is 1.90 bits per heavy atom. The highest BCUT2D eigenvalue weighted by Crippen LogP contribution is 2.53. The van der Waals surface area contributed by atoms with Gasteiger partial charge in [-0.25, -0.2) is 0 Å². The van der Waals surface area contributed by atoms with Crippen molar-refractivity contribution in [1.29, 1.82) is 0 Å². The number of primary amides is 1. The molecule has 7 atom stereocenters. The van der Waals surface area contributed by atoms with Crippen LogP contribution in [0.15, 0.2) is 28.7 Å². The van der Waals surface area contributed by atoms with Gasteiger partial charge in [0, 0.05) is 29.1 Å². The van der Waals surface area contributed by atoms with Crippen LogP contribution in [-0.4, -0.2) is 74.6 Å². The molecule has 5 aliphatic carbocycles. The highest BCUT2D eigenvalue weighted by molar-refractivity contribution is 6.33. The van der Waals surface area contributed by atoms with E-state index in [1.165, 1.54) is 30.2 Å². The van der Waals surface area contributed by atoms with Crippen molar-refractivity contribution in [2.45, 2.75) is 62.8 Å². The first-order valence-electron chi connectivity index (χ1n) is 13.8. The lowest BCUT2D eigenvalue weighted by molar-refractivity contribution is -0.148. The summed E-state index contributed by atoms with van der Waals surface area (Å²) in [5, 5.41) is 48.8. The van der Waals surface area contributed by atoms with Crippen molar-refractivity contribution >= 4 is 29.1 Å². The largest absolute Gasteiger partial charge is 0.510 e. The van der Waals surface area contributed by atoms with Gasteiger partial charge < -0.3 is 31.5 Å². The lowest BCUT2D eigenvalue weighted by Crippen LogP contribution is -2.63. The molecule has 2 saturated carbocycles. The Kier molecular flexibility index (Phi) is 6.34. The summed E-state index contributed by atoms with van der Waals surface area (Å²) < 4.78 is 0. The standard InChI is InChI=1S/C29H34ClN3O7/c1-33(2)23-16-8-13-7-15-20(18(34)9-14(22(15)30)10-32-17-6-11-3-4-12(17)5-11)24(35)19(13)26(37)29(16,40)27(38)21(25(23)36)28(31)39/h9,11-13,16-17,23,32,34,36-37,40H,3-8,10H2,1-2H3,(H2,31,39)/t11?,12?,13-,16-,17+,23-,29-/m0/s1. The van der Waals surface area contributed by atoms with Crippen LogP contribution in [0.5, 0.6) is 5.75 Å². The number of nitrogens with zero attached hydrogens (tertiary/aromatic N) is 1. The fourth-order valence-corrected chi connectivity index (χ4v) is 8.51. The van der Waals surface area contributed by atoms with Crippen molar-refractivity contribution in [2.75, 3.05) is 14.1 Å². The molecule has 0 aromatic heterocycles. The quantitative estimate of drug-likeness (QED) is 0.289. The number of hydrogen-bond donors (Lipinski definition) is 6. The van der Waals surface area contributed by atoms with Crippen LogP contribution in [0, 0.1) is 23.7 Å². The number of rotatable bonds is 5. The van der Waals surface area contributed by atoms with Gasteiger partial charge in [-0.2, -0.15) is 0 Å². The number of fused-ring (bicyclic) bond motifs is 5. The first-order chi connectivity index (χ1) is 18.9. The number of likely N-dealkylation sites (N-methyl/N-ethyl adjacent to an activating group) is 1. The molecular formula is C29H34ClN3O7. The molecule has 10 nitrogen and oxygen atoms in total. The SMILES string of the molecule is CN(C)[C@@H]1C(O)=C(C(N)=O)C(=O)[C@@]2(O)C(O)=C3C(=O)c4c(O)cc(CN[C@@H]5CC6CCC5C6)c(Cl)c4C[C@H]3C[C@@H]12. The molecule has 0 spiro atoms. The normalized spacial score (nSPS) is 34.8. The molecule has 2 unspecified atom stereocenters. The van der Waals surface area contributed by atoms with Crippen LogP contribution >= 0.6 is 11.6 Å². The number of carbonyl (C=O) groups excluding carboxylic acids is 3. The second-order valence-electron chi connectivity index (χ2n) is 12.3. The molecule has 7 N–H and O–H groups in total. The summed E-state index contributed by atoms with van der Waals surface area (Å²) in [6.07, 6.45) is 5.06. The predicted octanol–water partition coefficient (Wildman–Crippen LogP) is 2.05. The number of aliphatic hydroxyl groups is 3. The molecule has 11 heteroatoms. The van der Waals surface area contributed by atoms with Crippen LogP contribution in [0.3, 0.4) is 0 Å². The average molecular weight is 572 g/mol. The number of aliphatic hydroxyl groups excluding tert-OH is 2. The molecule has 0 radical (unpaired) electrons. The summed E-state index contributed by atoms with van der Waals surface area (Å²) in [4.78, 5) is 40.8. The van der Waals surface area contributed by atoms with Gasteiger partial charge in [-0.1, -0.05) is 18.0 Å². The average Bonchev–Trinajstić information content (AvgIpc) is 3.50. The lowest BCUT2D eigenvalue weighted by Gasteiger charge is -2.50. The van der Waals surface area contributed by atoms with E-state index in [-0.39, 0.29) is 29.7 Å². The third-order valence-electron chi connectivity index (χ3n) is 10.0. The van der Waals surface area contributed by atoms with Gasteiger partial charge in [0.25, 0.3) is 5.91 Å². The Morgan fingerprint density at radius 3 is 2.50 bits per heavy atom. The number of halogens is 1. The molecule has 6 rings (SSSR count). The molecule has 1 aromatic carbocycles. The van der Waals surface area contributed by atoms with E-state index in [0.29, 0.717) is 34.7 Å². The monoisotopic (exact) mass is 571 g/mol. The fraction of sp³-hybridized carbons (Fsp3) is 0.552. The minimum absolute atomic E-state index is 0.0243. The number of nitrogens with two attached hydrogens (primary N) is 1. The van der Waals surface area contributed by atoms with Crippen molar-refractivity contribution < 1.29 is 34.8 Å². The second kappa shape index (κ2) is 9.30. The third kappa shape index (κ3) is 3.69. The number of aromatic hydroxyl groups is 1. The van der Waals surface area contributed by atoms with Crippen molar-refractivity contribution in [2.24, 2.45) is 29.4 Å². The number of nitrogens with one attached hydrogen (secondary N) is 1. The lowest BCUT2D eigenvalue weighted by atomic mass is 9.58. The number of phenols is 1. The number of amides is 1. The summed E-state index contributed by atoms with van der Waals surface area (Å²) in [7, 11) is 3.19. The molecule has 5 aliphatic rings. The summed E-state index contributed by atoms with van der Waals surface area (Å²) >= 11 is 6.85. The van der Waals surface area contributed by atoms with Gasteiger partial charge in [-0.3, -0.25) is 19.3 Å². The fourth-order valence-electron chi connectivity index (χ4n) is 8.22. The minimum Gasteiger partial charge on any atom is -0.510 e. The van der Waals surface area contributed by atoms with Crippen molar-refractivity contribution in [3.63, 3.8) is 0 Å². The first kappa shape index (κ1) is 27.3. The number of Topliss-reactive ketones (excluding diaryl/α,β-unsaturated/α-hetero) is 2. The van der Waals surface area contributed by atoms with Gasteiger partial charge in [0.15, 0.2) is 11.4 Å². The maximum Gasteiger partial charge on any atom is 0.255 e. The molecule has 1 amide bonds. The molecule has 2 fully saturated rings. The van der Waals surface area contributed by atoms with Crippen LogP contribution < -0.4 is 11.1 Å². The number of phenolic OH excluding ortho intramolecular Hbond substituents is 1. The van der Waals surface area contributed by atoms with Gasteiger partial charge in [0.1, 0.15) is 22.8 Å². The molecule has 40 heavy (non-hydrogen) atoms. The second-order valence-corrected chi connectivity index (χ2v) is 12.7. The Bertz CT molecular complexity index is 1420. The number of ketones is 2. The van der Waals surface area contributed by atoms with E-state index < -0.39 is 58.0 Å². The molecule has 0 aliphatic heterocycles. The van der Waals surface area contributed by atoms with Crippen molar-refractivity contribution in [1.82, 2.24) is 10.2 Å². The van der Waals surface area contributed by atoms with E-state index in [4.69, 9.17) is 17.3 Å². The van der Waals surface area contributed by atoms with Crippen LogP contribution in [-0.2, 0) is 22.6 Å². The number of benzene rings is 1. The van der Waals surface area contributed by atoms with Gasteiger partial charge >= 0.3 is 0 Å². The smallest absolute Gasteiger partial charge is 0.255 e. The van der Waals surface area contributed by atoms with Crippen LogP contribution in [0.2, 0.25) is 5.02 Å². The number of hydrogen-bond acceptors (Lipinski definition) is 9. The maximum absolute atomic E-state index is 13.8. The predicted molar refractivity (Wildman–Crippen MR) is 145 cm³/mol. The zero-order valence-electron chi connectivity index (χ0n) is 22.4. The number of allylic oxidation sites excluding steroid dienone is 1. The van der Waals surface area contributed by atoms with Crippen LogP contribution in [0.25, 0.3) is 0 Å². The third-order valence-corrected chi connectivity index (χ3v) is 10.5. The van der Waals surface area contributed by atoms with Crippen LogP contribution in [0.4, 0.5) is 0 Å². The van der Waals surface area contributed by atoms with E-state index >= 15 is 0 Å². The zero-order chi connectivity index (χ0) is 28.8. The van der Waals surface area contributed by atoms with Gasteiger partial charge in [-0.05, 0) is 81.1 Å². The molecule has 0 heterocycles. The Balaban J connectivity index is 1.39. The Hall–Kier alpha value is -2.92. The molecule has 1 aromatic rings. The Morgan fingerprint density at radius 1 is 1.18 bits per heavy atom. The van der Waals surface area contributed by atoms with Crippen LogP contribution in [0.1, 0.15) is 53.6 Å². The van der Waals surface area contributed by atoms with E-state index in [1.807, 2.05) is 0 Å². The first-order valence-corrected chi connectivity index (χ1v) is 14.1. The molecule has 0 saturated heterocycles. The zero-order valence-corrected chi connectivity index (χ0v) is 23.2. The van der Waals surface area contributed by atoms with Crippen molar-refractivity contribution in [3.8, 4) is 5.75 Å². The summed E-state index contributed by atoms with van der Waals surface area (Å²) in [5.41, 5.74) is 2.73. The minimum atomic E-state index is -2.66. The molecule has 214 valence electrons. The maximum atomic E-state index is 13.8. The summed E-state index contributed by atoms with van der Waals surface area (Å²) in [6.45, 7) is 0.439. The summed E-state index contributed by atoms with van der Waals surface area (Å²) in [5.74, 6) is -5.34. The van der Waals surface area contributed by atoms with Crippen molar-refractivity contribution in [3.05, 3.63) is 50.4 Å². The van der Waals surface area contributed by atoms with Gasteiger partial charge in [0.05, 0.1) is 11.6 Å². The van der Waals surface area contributed by atoms with Gasteiger partial charge in [0.2, 0.25) is 5.78 Å². The molecule has 2 bridgehead atoms. The van der Waals surface area contributed by atoms with E-state index in [2.05, 4.69) is 5.32 Å². The summed E-state index contributed by atoms with van der Waals surface area (Å²) in [6, 6.07) is 0.818. The van der Waals surface area contributed by atoms with E-state index in [0.717, 1.165) is 12.3 Å². The van der Waals surface area contributed by atoms with Gasteiger partial charge in [-0.15, -0.1) is 0 Å². The molecular weight excluding hydrogens is 538 g/mol. The number of carbonyl (C=O) groups is 3. The van der Waals surface area contributed by atoms with E-state index in [1.54, 1.807) is 14.1 Å². The van der Waals surface area contributed by atoms with E-state index in [9.17, 15) is 34.8 Å². The highest BCUT2D eigenvalue weighted by Gasteiger charge is 2.63. The Labute approximate surface area is 236 Å². The highest BCUT2D eigenvalue weighted by atomic mass is 35.5. The topological polar surface area (TPSA) is 173 Å².